The number of aromatic nitrogens is 3. The van der Waals surface area contributed by atoms with E-state index in [1.54, 1.807) is 0 Å². The molecule has 0 saturated carbocycles. The summed E-state index contributed by atoms with van der Waals surface area (Å²) in [5.41, 5.74) is 1.06. The average Bonchev–Trinajstić information content (AvgIpc) is 2.78. The molecule has 0 aliphatic rings. The van der Waals surface area contributed by atoms with E-state index in [-0.39, 0.29) is 0 Å². The first-order valence-corrected chi connectivity index (χ1v) is 5.76. The molecule has 1 N–H and O–H groups in total. The molecular formula is C13H17N3. The molecule has 0 saturated heterocycles. The highest BCUT2D eigenvalue weighted by Crippen LogP contribution is 2.15. The second kappa shape index (κ2) is 4.92. The van der Waals surface area contributed by atoms with Crippen LogP contribution in [0.4, 0.5) is 0 Å². The van der Waals surface area contributed by atoms with Crippen molar-refractivity contribution in [3.05, 3.63) is 36.2 Å². The Labute approximate surface area is 95.9 Å². The Morgan fingerprint density at radius 2 is 2.00 bits per heavy atom. The maximum absolute atomic E-state index is 4.50. The van der Waals surface area contributed by atoms with Crippen LogP contribution in [0.25, 0.3) is 11.4 Å². The molecule has 0 radical (unpaired) electrons. The van der Waals surface area contributed by atoms with Gasteiger partial charge in [0, 0.05) is 12.0 Å². The number of nitrogens with zero attached hydrogens (tertiary/aromatic N) is 2. The van der Waals surface area contributed by atoms with Crippen molar-refractivity contribution in [2.24, 2.45) is 5.92 Å². The molecule has 1 unspecified atom stereocenters. The molecule has 3 heteroatoms. The smallest absolute Gasteiger partial charge is 0.181 e. The summed E-state index contributed by atoms with van der Waals surface area (Å²) in [5.74, 6) is 2.42. The van der Waals surface area contributed by atoms with Gasteiger partial charge in [-0.1, -0.05) is 50.6 Å². The van der Waals surface area contributed by atoms with E-state index in [2.05, 4.69) is 29.0 Å². The predicted octanol–water partition coefficient (Wildman–Crippen LogP) is 3.06. The van der Waals surface area contributed by atoms with Crippen molar-refractivity contribution < 1.29 is 0 Å². The fourth-order valence-corrected chi connectivity index (χ4v) is 1.58. The van der Waals surface area contributed by atoms with E-state index in [4.69, 9.17) is 0 Å². The first-order chi connectivity index (χ1) is 7.79. The van der Waals surface area contributed by atoms with Gasteiger partial charge in [0.1, 0.15) is 5.82 Å². The van der Waals surface area contributed by atoms with Crippen LogP contribution in [0, 0.1) is 5.92 Å². The van der Waals surface area contributed by atoms with Crippen LogP contribution in [-0.4, -0.2) is 15.2 Å². The average molecular weight is 215 g/mol. The molecule has 1 aromatic carbocycles. The Bertz CT molecular complexity index is 433. The third-order valence-electron chi connectivity index (χ3n) is 2.80. The minimum absolute atomic E-state index is 0.650. The van der Waals surface area contributed by atoms with Gasteiger partial charge in [-0.3, -0.25) is 5.10 Å². The van der Waals surface area contributed by atoms with E-state index in [9.17, 15) is 0 Å². The number of nitrogens with one attached hydrogen (secondary N) is 1. The molecule has 1 aromatic heterocycles. The lowest BCUT2D eigenvalue weighted by atomic mass is 10.1. The van der Waals surface area contributed by atoms with E-state index in [1.165, 1.54) is 6.42 Å². The normalized spacial score (nSPS) is 12.6. The molecule has 1 atom stereocenters. The molecule has 84 valence electrons. The molecule has 2 aromatic rings. The van der Waals surface area contributed by atoms with E-state index in [0.29, 0.717) is 5.92 Å². The van der Waals surface area contributed by atoms with Gasteiger partial charge in [-0.05, 0) is 5.92 Å². The third-order valence-corrected chi connectivity index (χ3v) is 2.80. The second-order valence-corrected chi connectivity index (χ2v) is 4.19. The summed E-state index contributed by atoms with van der Waals surface area (Å²) in [4.78, 5) is 4.50. The summed E-state index contributed by atoms with van der Waals surface area (Å²) in [6.45, 7) is 4.42. The van der Waals surface area contributed by atoms with Crippen LogP contribution < -0.4 is 0 Å². The van der Waals surface area contributed by atoms with Gasteiger partial charge in [-0.25, -0.2) is 4.98 Å². The van der Waals surface area contributed by atoms with Crippen LogP contribution >= 0.6 is 0 Å². The van der Waals surface area contributed by atoms with Crippen LogP contribution in [-0.2, 0) is 6.42 Å². The van der Waals surface area contributed by atoms with Crippen molar-refractivity contribution in [1.82, 2.24) is 15.2 Å². The lowest BCUT2D eigenvalue weighted by Crippen LogP contribution is -1.99. The maximum Gasteiger partial charge on any atom is 0.181 e. The van der Waals surface area contributed by atoms with Crippen molar-refractivity contribution in [3.63, 3.8) is 0 Å². The zero-order valence-electron chi connectivity index (χ0n) is 9.77. The highest BCUT2D eigenvalue weighted by atomic mass is 15.2. The molecule has 0 spiro atoms. The summed E-state index contributed by atoms with van der Waals surface area (Å²) in [7, 11) is 0. The van der Waals surface area contributed by atoms with Gasteiger partial charge in [0.2, 0.25) is 0 Å². The third kappa shape index (κ3) is 2.48. The minimum atomic E-state index is 0.650. The van der Waals surface area contributed by atoms with Crippen LogP contribution in [0.1, 0.15) is 26.1 Å². The van der Waals surface area contributed by atoms with Crippen molar-refractivity contribution in [1.29, 1.82) is 0 Å². The lowest BCUT2D eigenvalue weighted by Gasteiger charge is -2.03. The molecule has 0 amide bonds. The highest BCUT2D eigenvalue weighted by Gasteiger charge is 2.07. The Morgan fingerprint density at radius 3 is 2.69 bits per heavy atom. The van der Waals surface area contributed by atoms with E-state index >= 15 is 0 Å². The van der Waals surface area contributed by atoms with Gasteiger partial charge in [0.15, 0.2) is 5.82 Å². The minimum Gasteiger partial charge on any atom is -0.263 e. The Kier molecular flexibility index (Phi) is 3.34. The number of hydrogen-bond donors (Lipinski definition) is 1. The number of hydrogen-bond acceptors (Lipinski definition) is 2. The first-order valence-electron chi connectivity index (χ1n) is 5.76. The number of benzene rings is 1. The van der Waals surface area contributed by atoms with Crippen LogP contribution in [0.15, 0.2) is 30.3 Å². The summed E-state index contributed by atoms with van der Waals surface area (Å²) < 4.78 is 0. The Hall–Kier alpha value is -1.64. The molecule has 0 bridgehead atoms. The van der Waals surface area contributed by atoms with Crippen LogP contribution in [0.3, 0.4) is 0 Å². The second-order valence-electron chi connectivity index (χ2n) is 4.19. The molecule has 0 fully saturated rings. The van der Waals surface area contributed by atoms with Gasteiger partial charge < -0.3 is 0 Å². The topological polar surface area (TPSA) is 41.6 Å². The van der Waals surface area contributed by atoms with Crippen LogP contribution in [0.2, 0.25) is 0 Å². The van der Waals surface area contributed by atoms with Gasteiger partial charge in [0.25, 0.3) is 0 Å². The summed E-state index contributed by atoms with van der Waals surface area (Å²) in [6, 6.07) is 10.0. The van der Waals surface area contributed by atoms with Crippen molar-refractivity contribution >= 4 is 0 Å². The fraction of sp³-hybridized carbons (Fsp3) is 0.385. The van der Waals surface area contributed by atoms with Gasteiger partial charge >= 0.3 is 0 Å². The lowest BCUT2D eigenvalue weighted by molar-refractivity contribution is 0.544. The number of rotatable bonds is 4. The number of aromatic amines is 1. The van der Waals surface area contributed by atoms with Gasteiger partial charge in [0.05, 0.1) is 0 Å². The van der Waals surface area contributed by atoms with E-state index in [0.717, 1.165) is 23.6 Å². The molecular weight excluding hydrogens is 198 g/mol. The molecule has 0 aliphatic heterocycles. The SMILES string of the molecule is CCC(C)Cc1nc(-c2ccccc2)n[nH]1. The Balaban J connectivity index is 2.14. The van der Waals surface area contributed by atoms with Crippen molar-refractivity contribution in [2.75, 3.05) is 0 Å². The zero-order valence-corrected chi connectivity index (χ0v) is 9.77. The van der Waals surface area contributed by atoms with Crippen LogP contribution in [0.5, 0.6) is 0 Å². The predicted molar refractivity (Wildman–Crippen MR) is 65.0 cm³/mol. The summed E-state index contributed by atoms with van der Waals surface area (Å²) in [6.07, 6.45) is 2.14. The monoisotopic (exact) mass is 215 g/mol. The fourth-order valence-electron chi connectivity index (χ4n) is 1.58. The quantitative estimate of drug-likeness (QED) is 0.851. The zero-order chi connectivity index (χ0) is 11.4. The first kappa shape index (κ1) is 10.9. The number of H-pyrrole nitrogens is 1. The largest absolute Gasteiger partial charge is 0.263 e. The van der Waals surface area contributed by atoms with Gasteiger partial charge in [-0.15, -0.1) is 0 Å². The van der Waals surface area contributed by atoms with E-state index in [1.807, 2.05) is 30.3 Å². The molecule has 1 heterocycles. The standard InChI is InChI=1S/C13H17N3/c1-3-10(2)9-12-14-13(16-15-12)11-7-5-4-6-8-11/h4-8,10H,3,9H2,1-2H3,(H,14,15,16). The van der Waals surface area contributed by atoms with E-state index < -0.39 is 0 Å². The van der Waals surface area contributed by atoms with Crippen molar-refractivity contribution in [2.45, 2.75) is 26.7 Å². The molecule has 0 aliphatic carbocycles. The highest BCUT2D eigenvalue weighted by molar-refractivity contribution is 5.53. The molecule has 3 nitrogen and oxygen atoms in total. The maximum atomic E-state index is 4.50. The molecule has 2 rings (SSSR count). The molecule has 16 heavy (non-hydrogen) atoms. The summed E-state index contributed by atoms with van der Waals surface area (Å²) >= 11 is 0. The van der Waals surface area contributed by atoms with Gasteiger partial charge in [-0.2, -0.15) is 5.10 Å². The van der Waals surface area contributed by atoms with Crippen molar-refractivity contribution in [3.8, 4) is 11.4 Å². The Morgan fingerprint density at radius 1 is 1.25 bits per heavy atom. The summed E-state index contributed by atoms with van der Waals surface area (Å²) in [5, 5.41) is 7.25.